The molecule has 39 heavy (non-hydrogen) atoms. The van der Waals surface area contributed by atoms with Gasteiger partial charge in [0.15, 0.2) is 11.5 Å². The van der Waals surface area contributed by atoms with Crippen LogP contribution in [0.15, 0.2) is 66.2 Å². The van der Waals surface area contributed by atoms with Gasteiger partial charge in [-0.1, -0.05) is 25.1 Å². The minimum Gasteiger partial charge on any atom is -0.507 e. The lowest BCUT2D eigenvalue weighted by Gasteiger charge is -2.26. The first-order valence-electron chi connectivity index (χ1n) is 12.7. The van der Waals surface area contributed by atoms with Crippen LogP contribution in [0.4, 0.5) is 0 Å². The molecular formula is C31H33NO7. The van der Waals surface area contributed by atoms with E-state index < -0.39 is 17.7 Å². The van der Waals surface area contributed by atoms with Gasteiger partial charge in [-0.25, -0.2) is 0 Å². The van der Waals surface area contributed by atoms with Gasteiger partial charge in [0, 0.05) is 12.1 Å². The van der Waals surface area contributed by atoms with E-state index in [-0.39, 0.29) is 17.9 Å². The molecule has 1 amide bonds. The number of hydrogen-bond donors (Lipinski definition) is 1. The molecule has 8 nitrogen and oxygen atoms in total. The maximum atomic E-state index is 13.4. The van der Waals surface area contributed by atoms with Crippen molar-refractivity contribution in [3.05, 3.63) is 88.5 Å². The Bertz CT molecular complexity index is 1390. The number of aliphatic hydroxyl groups is 1. The van der Waals surface area contributed by atoms with Crippen LogP contribution in [-0.4, -0.2) is 49.6 Å². The summed E-state index contributed by atoms with van der Waals surface area (Å²) < 4.78 is 21.8. The van der Waals surface area contributed by atoms with Crippen LogP contribution in [0.25, 0.3) is 5.76 Å². The number of ketones is 1. The minimum atomic E-state index is -0.819. The first-order chi connectivity index (χ1) is 18.8. The summed E-state index contributed by atoms with van der Waals surface area (Å²) in [4.78, 5) is 28.3. The molecule has 0 spiro atoms. The van der Waals surface area contributed by atoms with Gasteiger partial charge in [-0.3, -0.25) is 9.59 Å². The average molecular weight is 532 g/mol. The van der Waals surface area contributed by atoms with E-state index in [1.54, 1.807) is 68.8 Å². The molecule has 1 aliphatic heterocycles. The Morgan fingerprint density at radius 1 is 0.872 bits per heavy atom. The van der Waals surface area contributed by atoms with Crippen LogP contribution in [0.1, 0.15) is 41.6 Å². The standard InChI is InChI=1S/C31H33NO7/c1-6-15-39-24-14-10-22(16-19(24)2)29(33)27-28(21-8-11-23(36-3)12-9-21)32(31(35)30(27)34)18-20-7-13-25(37-4)26(17-20)38-5/h7-14,16-17,28,33H,6,15,18H2,1-5H3/b29-27-. The Labute approximate surface area is 228 Å². The van der Waals surface area contributed by atoms with E-state index in [0.717, 1.165) is 17.5 Å². The van der Waals surface area contributed by atoms with Crippen LogP contribution in [0.2, 0.25) is 0 Å². The maximum Gasteiger partial charge on any atom is 0.295 e. The molecule has 0 aliphatic carbocycles. The first-order valence-corrected chi connectivity index (χ1v) is 12.7. The third-order valence-electron chi connectivity index (χ3n) is 6.68. The summed E-state index contributed by atoms with van der Waals surface area (Å²) in [5.41, 5.74) is 2.66. The van der Waals surface area contributed by atoms with Crippen molar-refractivity contribution in [2.75, 3.05) is 27.9 Å². The van der Waals surface area contributed by atoms with Crippen LogP contribution in [0.3, 0.4) is 0 Å². The van der Waals surface area contributed by atoms with E-state index in [1.807, 2.05) is 19.9 Å². The van der Waals surface area contributed by atoms with Gasteiger partial charge in [0.25, 0.3) is 11.7 Å². The van der Waals surface area contributed by atoms with E-state index in [4.69, 9.17) is 18.9 Å². The maximum absolute atomic E-state index is 13.4. The fraction of sp³-hybridized carbons (Fsp3) is 0.290. The fourth-order valence-electron chi connectivity index (χ4n) is 4.68. The molecule has 1 atom stereocenters. The van der Waals surface area contributed by atoms with Crippen molar-refractivity contribution in [2.24, 2.45) is 0 Å². The van der Waals surface area contributed by atoms with Crippen LogP contribution < -0.4 is 18.9 Å². The lowest BCUT2D eigenvalue weighted by atomic mass is 9.94. The number of rotatable bonds is 10. The highest BCUT2D eigenvalue weighted by Crippen LogP contribution is 2.41. The molecule has 0 aromatic heterocycles. The van der Waals surface area contributed by atoms with Crippen molar-refractivity contribution < 1.29 is 33.6 Å². The normalized spacial score (nSPS) is 16.3. The average Bonchev–Trinajstić information content (AvgIpc) is 3.20. The Balaban J connectivity index is 1.81. The molecule has 4 rings (SSSR count). The fourth-order valence-corrected chi connectivity index (χ4v) is 4.68. The second-order valence-corrected chi connectivity index (χ2v) is 9.22. The van der Waals surface area contributed by atoms with E-state index >= 15 is 0 Å². The van der Waals surface area contributed by atoms with Crippen molar-refractivity contribution in [3.8, 4) is 23.0 Å². The second kappa shape index (κ2) is 11.9. The largest absolute Gasteiger partial charge is 0.507 e. The molecule has 1 heterocycles. The van der Waals surface area contributed by atoms with Crippen molar-refractivity contribution in [1.29, 1.82) is 0 Å². The zero-order chi connectivity index (χ0) is 28.1. The van der Waals surface area contributed by atoms with Gasteiger partial charge in [0.1, 0.15) is 17.3 Å². The van der Waals surface area contributed by atoms with Crippen LogP contribution in [0, 0.1) is 6.92 Å². The summed E-state index contributed by atoms with van der Waals surface area (Å²) in [5, 5.41) is 11.4. The summed E-state index contributed by atoms with van der Waals surface area (Å²) in [6.45, 7) is 4.58. The predicted molar refractivity (Wildman–Crippen MR) is 147 cm³/mol. The lowest BCUT2D eigenvalue weighted by Crippen LogP contribution is -2.29. The molecule has 0 saturated carbocycles. The van der Waals surface area contributed by atoms with E-state index in [9.17, 15) is 14.7 Å². The summed E-state index contributed by atoms with van der Waals surface area (Å²) in [6.07, 6.45) is 0.868. The highest BCUT2D eigenvalue weighted by molar-refractivity contribution is 6.46. The molecule has 3 aromatic carbocycles. The van der Waals surface area contributed by atoms with Gasteiger partial charge < -0.3 is 29.0 Å². The molecule has 3 aromatic rings. The number of amides is 1. The molecular weight excluding hydrogens is 498 g/mol. The Hall–Kier alpha value is -4.46. The van der Waals surface area contributed by atoms with Crippen LogP contribution >= 0.6 is 0 Å². The summed E-state index contributed by atoms with van der Waals surface area (Å²) in [7, 11) is 4.64. The molecule has 1 saturated heterocycles. The number of aliphatic hydroxyl groups excluding tert-OH is 1. The van der Waals surface area contributed by atoms with E-state index in [1.165, 1.54) is 12.0 Å². The minimum absolute atomic E-state index is 0.0206. The number of carbonyl (C=O) groups is 2. The molecule has 204 valence electrons. The van der Waals surface area contributed by atoms with E-state index in [0.29, 0.717) is 40.7 Å². The molecule has 1 unspecified atom stereocenters. The van der Waals surface area contributed by atoms with Crippen LogP contribution in [-0.2, 0) is 16.1 Å². The molecule has 0 bridgehead atoms. The number of Topliss-reactive ketones (excluding diaryl/α,β-unsaturated/α-hetero) is 1. The third kappa shape index (κ3) is 5.55. The van der Waals surface area contributed by atoms with Crippen LogP contribution in [0.5, 0.6) is 23.0 Å². The third-order valence-corrected chi connectivity index (χ3v) is 6.68. The summed E-state index contributed by atoms with van der Waals surface area (Å²) >= 11 is 0. The lowest BCUT2D eigenvalue weighted by molar-refractivity contribution is -0.140. The highest BCUT2D eigenvalue weighted by Gasteiger charge is 2.46. The number of hydrogen-bond acceptors (Lipinski definition) is 7. The highest BCUT2D eigenvalue weighted by atomic mass is 16.5. The number of nitrogens with zero attached hydrogens (tertiary/aromatic N) is 1. The van der Waals surface area contributed by atoms with E-state index in [2.05, 4.69) is 0 Å². The molecule has 1 aliphatic rings. The topological polar surface area (TPSA) is 94.5 Å². The smallest absolute Gasteiger partial charge is 0.295 e. The zero-order valence-electron chi connectivity index (χ0n) is 22.8. The van der Waals surface area contributed by atoms with Gasteiger partial charge in [-0.2, -0.15) is 0 Å². The Kier molecular flexibility index (Phi) is 8.44. The van der Waals surface area contributed by atoms with Crippen molar-refractivity contribution in [1.82, 2.24) is 4.90 Å². The van der Waals surface area contributed by atoms with Gasteiger partial charge >= 0.3 is 0 Å². The molecule has 1 N–H and O–H groups in total. The quantitative estimate of drug-likeness (QED) is 0.212. The number of likely N-dealkylation sites (tertiary alicyclic amines) is 1. The molecule has 8 heteroatoms. The first kappa shape index (κ1) is 27.6. The van der Waals surface area contributed by atoms with Gasteiger partial charge in [-0.15, -0.1) is 0 Å². The molecule has 1 fully saturated rings. The zero-order valence-corrected chi connectivity index (χ0v) is 22.8. The van der Waals surface area contributed by atoms with Crippen molar-refractivity contribution in [3.63, 3.8) is 0 Å². The number of ether oxygens (including phenoxy) is 4. The number of methoxy groups -OCH3 is 3. The van der Waals surface area contributed by atoms with Crippen molar-refractivity contribution >= 4 is 17.4 Å². The SMILES string of the molecule is CCCOc1ccc(/C(O)=C2/C(=O)C(=O)N(Cc3ccc(OC)c(OC)c3)C2c2ccc(OC)cc2)cc1C. The Morgan fingerprint density at radius 3 is 2.18 bits per heavy atom. The predicted octanol–water partition coefficient (Wildman–Crippen LogP) is 5.43. The van der Waals surface area contributed by atoms with Gasteiger partial charge in [0.2, 0.25) is 0 Å². The number of carbonyl (C=O) groups excluding carboxylic acids is 2. The van der Waals surface area contributed by atoms with Gasteiger partial charge in [-0.05, 0) is 72.5 Å². The summed E-state index contributed by atoms with van der Waals surface area (Å²) in [5.74, 6) is 0.701. The monoisotopic (exact) mass is 531 g/mol. The second-order valence-electron chi connectivity index (χ2n) is 9.22. The van der Waals surface area contributed by atoms with Gasteiger partial charge in [0.05, 0.1) is 39.6 Å². The summed E-state index contributed by atoms with van der Waals surface area (Å²) in [6, 6.07) is 16.8. The van der Waals surface area contributed by atoms with Crippen molar-refractivity contribution in [2.45, 2.75) is 32.9 Å². The number of aryl methyl sites for hydroxylation is 1. The molecule has 0 radical (unpaired) electrons. The Morgan fingerprint density at radius 2 is 1.56 bits per heavy atom. The number of benzene rings is 3.